The molecule has 2 N–H and O–H groups in total. The maximum Gasteiger partial charge on any atom is 0.226 e. The standard InChI is InChI=1S/C12H18ClN5O2/c1-2-4-18-8-15-11-9(18)10(16-12(13)17-11)14-3-6-20-7-5-19/h8,19H,2-7H2,1H3,(H,14,16,17). The Labute approximate surface area is 122 Å². The maximum atomic E-state index is 8.63. The molecule has 0 spiro atoms. The number of aryl methyl sites for hydroxylation is 1. The molecule has 0 atom stereocenters. The smallest absolute Gasteiger partial charge is 0.226 e. The number of fused-ring (bicyclic) bond motifs is 1. The van der Waals surface area contributed by atoms with Crippen LogP contribution < -0.4 is 5.32 Å². The van der Waals surface area contributed by atoms with E-state index in [4.69, 9.17) is 21.4 Å². The number of hydrogen-bond acceptors (Lipinski definition) is 6. The van der Waals surface area contributed by atoms with Crippen LogP contribution in [0.15, 0.2) is 6.33 Å². The molecule has 0 saturated carbocycles. The number of aliphatic hydroxyl groups excluding tert-OH is 1. The van der Waals surface area contributed by atoms with E-state index in [1.807, 2.05) is 4.57 Å². The van der Waals surface area contributed by atoms with Crippen LogP contribution in [0, 0.1) is 0 Å². The van der Waals surface area contributed by atoms with E-state index in [-0.39, 0.29) is 11.9 Å². The summed E-state index contributed by atoms with van der Waals surface area (Å²) in [5, 5.41) is 12.0. The van der Waals surface area contributed by atoms with Crippen LogP contribution in [0.1, 0.15) is 13.3 Å². The van der Waals surface area contributed by atoms with Gasteiger partial charge in [-0.2, -0.15) is 9.97 Å². The van der Waals surface area contributed by atoms with Crippen LogP contribution in [0.5, 0.6) is 0 Å². The van der Waals surface area contributed by atoms with E-state index in [2.05, 4.69) is 27.2 Å². The second-order valence-electron chi connectivity index (χ2n) is 4.21. The number of nitrogens with zero attached hydrogens (tertiary/aromatic N) is 4. The summed E-state index contributed by atoms with van der Waals surface area (Å²) in [6.45, 7) is 4.34. The number of imidazole rings is 1. The van der Waals surface area contributed by atoms with Gasteiger partial charge in [0.2, 0.25) is 5.28 Å². The fourth-order valence-corrected chi connectivity index (χ4v) is 2.06. The molecule has 0 unspecified atom stereocenters. The molecule has 20 heavy (non-hydrogen) atoms. The lowest BCUT2D eigenvalue weighted by Crippen LogP contribution is -2.13. The highest BCUT2D eigenvalue weighted by molar-refractivity contribution is 6.28. The van der Waals surface area contributed by atoms with E-state index < -0.39 is 0 Å². The first-order valence-electron chi connectivity index (χ1n) is 6.57. The molecule has 0 fully saturated rings. The Balaban J connectivity index is 2.15. The second-order valence-corrected chi connectivity index (χ2v) is 4.55. The van der Waals surface area contributed by atoms with Crippen molar-refractivity contribution in [2.45, 2.75) is 19.9 Å². The highest BCUT2D eigenvalue weighted by Gasteiger charge is 2.12. The summed E-state index contributed by atoms with van der Waals surface area (Å²) in [7, 11) is 0. The zero-order valence-electron chi connectivity index (χ0n) is 11.3. The van der Waals surface area contributed by atoms with Crippen LogP contribution in [-0.4, -0.2) is 51.0 Å². The molecule has 0 aliphatic heterocycles. The molecule has 2 aromatic heterocycles. The van der Waals surface area contributed by atoms with Crippen LogP contribution >= 0.6 is 11.6 Å². The first-order valence-corrected chi connectivity index (χ1v) is 6.95. The van der Waals surface area contributed by atoms with Crippen molar-refractivity contribution in [3.63, 3.8) is 0 Å². The average molecular weight is 300 g/mol. The molecule has 2 rings (SSSR count). The van der Waals surface area contributed by atoms with E-state index in [9.17, 15) is 0 Å². The van der Waals surface area contributed by atoms with Gasteiger partial charge in [0.05, 0.1) is 26.1 Å². The van der Waals surface area contributed by atoms with Gasteiger partial charge in [0.1, 0.15) is 5.52 Å². The first kappa shape index (κ1) is 15.0. The SMILES string of the molecule is CCCn1cnc2nc(Cl)nc(NCCOCCO)c21. The van der Waals surface area contributed by atoms with Gasteiger partial charge in [-0.1, -0.05) is 6.92 Å². The Morgan fingerprint density at radius 2 is 2.25 bits per heavy atom. The molecular formula is C12H18ClN5O2. The minimum absolute atomic E-state index is 0.0207. The number of halogens is 1. The molecular weight excluding hydrogens is 282 g/mol. The van der Waals surface area contributed by atoms with Crippen LogP contribution in [0.2, 0.25) is 5.28 Å². The average Bonchev–Trinajstić information content (AvgIpc) is 2.82. The van der Waals surface area contributed by atoms with Crippen molar-refractivity contribution in [3.05, 3.63) is 11.6 Å². The number of nitrogens with one attached hydrogen (secondary N) is 1. The molecule has 0 saturated heterocycles. The predicted octanol–water partition coefficient (Wildman–Crippen LogP) is 1.31. The Bertz CT molecular complexity index is 560. The van der Waals surface area contributed by atoms with E-state index in [0.717, 1.165) is 18.5 Å². The van der Waals surface area contributed by atoms with Crippen molar-refractivity contribution in [1.29, 1.82) is 0 Å². The third-order valence-corrected chi connectivity index (χ3v) is 2.85. The number of rotatable bonds is 8. The monoisotopic (exact) mass is 299 g/mol. The molecule has 2 aromatic rings. The molecule has 7 nitrogen and oxygen atoms in total. The molecule has 0 radical (unpaired) electrons. The lowest BCUT2D eigenvalue weighted by molar-refractivity contribution is 0.0992. The van der Waals surface area contributed by atoms with Gasteiger partial charge in [-0.25, -0.2) is 4.98 Å². The van der Waals surface area contributed by atoms with Gasteiger partial charge in [-0.3, -0.25) is 0 Å². The molecule has 2 heterocycles. The Hall–Kier alpha value is -1.44. The van der Waals surface area contributed by atoms with Crippen molar-refractivity contribution in [2.75, 3.05) is 31.7 Å². The number of anilines is 1. The summed E-state index contributed by atoms with van der Waals surface area (Å²) in [4.78, 5) is 12.6. The fraction of sp³-hybridized carbons (Fsp3) is 0.583. The molecule has 8 heteroatoms. The third-order valence-electron chi connectivity index (χ3n) is 2.68. The van der Waals surface area contributed by atoms with Gasteiger partial charge in [0.25, 0.3) is 0 Å². The van der Waals surface area contributed by atoms with E-state index in [0.29, 0.717) is 31.2 Å². The van der Waals surface area contributed by atoms with Gasteiger partial charge in [0.15, 0.2) is 11.5 Å². The lowest BCUT2D eigenvalue weighted by atomic mass is 10.4. The van der Waals surface area contributed by atoms with Gasteiger partial charge in [0, 0.05) is 13.1 Å². The number of ether oxygens (including phenoxy) is 1. The van der Waals surface area contributed by atoms with Crippen molar-refractivity contribution in [2.24, 2.45) is 0 Å². The zero-order chi connectivity index (χ0) is 14.4. The van der Waals surface area contributed by atoms with Gasteiger partial charge in [-0.15, -0.1) is 0 Å². The van der Waals surface area contributed by atoms with Crippen LogP contribution in [-0.2, 0) is 11.3 Å². The van der Waals surface area contributed by atoms with Crippen LogP contribution in [0.25, 0.3) is 11.2 Å². The van der Waals surface area contributed by atoms with E-state index in [1.165, 1.54) is 0 Å². The summed E-state index contributed by atoms with van der Waals surface area (Å²) in [6.07, 6.45) is 2.74. The minimum atomic E-state index is 0.0207. The van der Waals surface area contributed by atoms with Gasteiger partial charge in [-0.05, 0) is 18.0 Å². The number of hydrogen-bond donors (Lipinski definition) is 2. The van der Waals surface area contributed by atoms with Crippen LogP contribution in [0.4, 0.5) is 5.82 Å². The minimum Gasteiger partial charge on any atom is -0.394 e. The van der Waals surface area contributed by atoms with Crippen LogP contribution in [0.3, 0.4) is 0 Å². The predicted molar refractivity (Wildman–Crippen MR) is 77.0 cm³/mol. The lowest BCUT2D eigenvalue weighted by Gasteiger charge is -2.09. The van der Waals surface area contributed by atoms with E-state index >= 15 is 0 Å². The summed E-state index contributed by atoms with van der Waals surface area (Å²) in [5.41, 5.74) is 1.43. The first-order chi connectivity index (χ1) is 9.76. The molecule has 0 aliphatic carbocycles. The highest BCUT2D eigenvalue weighted by atomic mass is 35.5. The molecule has 0 aliphatic rings. The fourth-order valence-electron chi connectivity index (χ4n) is 1.89. The second kappa shape index (κ2) is 7.37. The largest absolute Gasteiger partial charge is 0.394 e. The summed E-state index contributed by atoms with van der Waals surface area (Å²) < 4.78 is 7.20. The zero-order valence-corrected chi connectivity index (χ0v) is 12.1. The highest BCUT2D eigenvalue weighted by Crippen LogP contribution is 2.21. The van der Waals surface area contributed by atoms with Crippen molar-refractivity contribution < 1.29 is 9.84 Å². The maximum absolute atomic E-state index is 8.63. The third kappa shape index (κ3) is 3.56. The molecule has 0 aromatic carbocycles. The Morgan fingerprint density at radius 1 is 1.40 bits per heavy atom. The number of aliphatic hydroxyl groups is 1. The van der Waals surface area contributed by atoms with Crippen molar-refractivity contribution in [3.8, 4) is 0 Å². The Kier molecular flexibility index (Phi) is 5.51. The molecule has 110 valence electrons. The van der Waals surface area contributed by atoms with Crippen molar-refractivity contribution >= 4 is 28.6 Å². The molecule has 0 amide bonds. The summed E-state index contributed by atoms with van der Waals surface area (Å²) >= 11 is 5.90. The number of aromatic nitrogens is 4. The van der Waals surface area contributed by atoms with Crippen molar-refractivity contribution in [1.82, 2.24) is 19.5 Å². The normalized spacial score (nSPS) is 11.2. The molecule has 0 bridgehead atoms. The van der Waals surface area contributed by atoms with Gasteiger partial charge >= 0.3 is 0 Å². The summed E-state index contributed by atoms with van der Waals surface area (Å²) in [5.74, 6) is 0.651. The van der Waals surface area contributed by atoms with E-state index in [1.54, 1.807) is 6.33 Å². The van der Waals surface area contributed by atoms with Gasteiger partial charge < -0.3 is 19.7 Å². The Morgan fingerprint density at radius 3 is 3.00 bits per heavy atom. The summed E-state index contributed by atoms with van der Waals surface area (Å²) in [6, 6.07) is 0. The quantitative estimate of drug-likeness (QED) is 0.565. The topological polar surface area (TPSA) is 85.1 Å².